The first kappa shape index (κ1) is 22.2. The first-order valence-electron chi connectivity index (χ1n) is 11.4. The molecule has 8 heteroatoms. The Labute approximate surface area is 201 Å². The maximum atomic E-state index is 12.6. The van der Waals surface area contributed by atoms with Crippen LogP contribution in [0.15, 0.2) is 84.2 Å². The van der Waals surface area contributed by atoms with Crippen molar-refractivity contribution in [1.29, 1.82) is 0 Å². The Kier molecular flexibility index (Phi) is 6.17. The zero-order valence-electron chi connectivity index (χ0n) is 19.2. The maximum Gasteiger partial charge on any atom is 0.254 e. The van der Waals surface area contributed by atoms with E-state index in [4.69, 9.17) is 0 Å². The van der Waals surface area contributed by atoms with Gasteiger partial charge in [0, 0.05) is 47.9 Å². The van der Waals surface area contributed by atoms with E-state index in [2.05, 4.69) is 25.3 Å². The quantitative estimate of drug-likeness (QED) is 0.382. The number of amides is 1. The number of aromatic nitrogens is 5. The topological polar surface area (TPSA) is 106 Å². The number of hydrogen-bond donors (Lipinski definition) is 2. The van der Waals surface area contributed by atoms with Crippen molar-refractivity contribution in [2.24, 2.45) is 0 Å². The second-order valence-electron chi connectivity index (χ2n) is 8.27. The Balaban J connectivity index is 1.18. The minimum Gasteiger partial charge on any atom is -0.352 e. The molecule has 3 heterocycles. The smallest absolute Gasteiger partial charge is 0.254 e. The number of rotatable bonds is 7. The van der Waals surface area contributed by atoms with E-state index in [0.29, 0.717) is 30.0 Å². The Hall–Kier alpha value is -4.59. The minimum absolute atomic E-state index is 0.121. The molecule has 1 amide bonds. The average Bonchev–Trinajstić information content (AvgIpc) is 3.32. The number of H-pyrrole nitrogens is 1. The lowest BCUT2D eigenvalue weighted by molar-refractivity contribution is -0.121. The maximum absolute atomic E-state index is 12.6. The summed E-state index contributed by atoms with van der Waals surface area (Å²) < 4.78 is 2.03. The van der Waals surface area contributed by atoms with Crippen LogP contribution in [0.5, 0.6) is 0 Å². The highest BCUT2D eigenvalue weighted by molar-refractivity contribution is 5.77. The predicted octanol–water partition coefficient (Wildman–Crippen LogP) is 3.73. The zero-order chi connectivity index (χ0) is 24.2. The lowest BCUT2D eigenvalue weighted by Crippen LogP contribution is -2.25. The summed E-state index contributed by atoms with van der Waals surface area (Å²) >= 11 is 0. The Morgan fingerprint density at radius 3 is 2.66 bits per heavy atom. The predicted molar refractivity (Wildman–Crippen MR) is 134 cm³/mol. The van der Waals surface area contributed by atoms with Crippen LogP contribution in [0.2, 0.25) is 0 Å². The van der Waals surface area contributed by atoms with E-state index in [1.54, 1.807) is 25.4 Å². The third-order valence-electron chi connectivity index (χ3n) is 5.92. The molecule has 2 N–H and O–H groups in total. The summed E-state index contributed by atoms with van der Waals surface area (Å²) in [4.78, 5) is 40.8. The molecular formula is C27H24N6O2. The van der Waals surface area contributed by atoms with Gasteiger partial charge in [0.05, 0.1) is 11.0 Å². The second kappa shape index (κ2) is 9.72. The lowest BCUT2D eigenvalue weighted by Gasteiger charge is -2.09. The molecule has 8 nitrogen and oxygen atoms in total. The number of aromatic amines is 1. The van der Waals surface area contributed by atoms with E-state index in [9.17, 15) is 9.59 Å². The molecule has 35 heavy (non-hydrogen) atoms. The number of carbonyl (C=O) groups is 1. The molecule has 0 fully saturated rings. The number of aryl methyl sites for hydroxylation is 1. The molecule has 0 aliphatic carbocycles. The number of para-hydroxylation sites is 2. The Bertz CT molecular complexity index is 1540. The number of imidazole rings is 1. The van der Waals surface area contributed by atoms with Gasteiger partial charge in [-0.1, -0.05) is 24.3 Å². The molecule has 174 valence electrons. The first-order chi connectivity index (χ1) is 17.1. The van der Waals surface area contributed by atoms with Gasteiger partial charge >= 0.3 is 0 Å². The molecule has 0 atom stereocenters. The van der Waals surface area contributed by atoms with Crippen LogP contribution in [0.1, 0.15) is 23.2 Å². The SMILES string of the molecule is Cc1nc(-c2cccnc2)[nH]c(=O)c1CCC(=O)NCc1ccc(-n2cnc3ccccc32)cc1. The van der Waals surface area contributed by atoms with Gasteiger partial charge in [-0.25, -0.2) is 9.97 Å². The van der Waals surface area contributed by atoms with E-state index in [1.807, 2.05) is 65.5 Å². The summed E-state index contributed by atoms with van der Waals surface area (Å²) in [6.45, 7) is 2.20. The third kappa shape index (κ3) is 4.86. The van der Waals surface area contributed by atoms with E-state index < -0.39 is 0 Å². The summed E-state index contributed by atoms with van der Waals surface area (Å²) in [6, 6.07) is 19.6. The normalized spacial score (nSPS) is 11.0. The number of nitrogens with one attached hydrogen (secondary N) is 2. The van der Waals surface area contributed by atoms with Crippen LogP contribution in [0.4, 0.5) is 0 Å². The van der Waals surface area contributed by atoms with Gasteiger partial charge < -0.3 is 10.3 Å². The van der Waals surface area contributed by atoms with Crippen LogP contribution in [-0.2, 0) is 17.8 Å². The molecule has 0 unspecified atom stereocenters. The van der Waals surface area contributed by atoms with Gasteiger partial charge in [0.1, 0.15) is 12.2 Å². The first-order valence-corrected chi connectivity index (χ1v) is 11.4. The van der Waals surface area contributed by atoms with Gasteiger partial charge in [0.25, 0.3) is 5.56 Å². The van der Waals surface area contributed by atoms with Gasteiger partial charge in [-0.3, -0.25) is 19.1 Å². The van der Waals surface area contributed by atoms with Gasteiger partial charge in [0.2, 0.25) is 5.91 Å². The fourth-order valence-corrected chi connectivity index (χ4v) is 4.01. The number of benzene rings is 2. The lowest BCUT2D eigenvalue weighted by atomic mass is 10.1. The van der Waals surface area contributed by atoms with Crippen LogP contribution in [-0.4, -0.2) is 30.4 Å². The van der Waals surface area contributed by atoms with Crippen LogP contribution in [0.25, 0.3) is 28.1 Å². The molecular weight excluding hydrogens is 440 g/mol. The van der Waals surface area contributed by atoms with Crippen molar-refractivity contribution in [1.82, 2.24) is 29.8 Å². The van der Waals surface area contributed by atoms with Crippen LogP contribution in [0.3, 0.4) is 0 Å². The fraction of sp³-hybridized carbons (Fsp3) is 0.148. The highest BCUT2D eigenvalue weighted by atomic mass is 16.1. The van der Waals surface area contributed by atoms with Crippen molar-refractivity contribution in [3.63, 3.8) is 0 Å². The van der Waals surface area contributed by atoms with Crippen molar-refractivity contribution in [2.75, 3.05) is 0 Å². The highest BCUT2D eigenvalue weighted by Gasteiger charge is 2.12. The van der Waals surface area contributed by atoms with Crippen LogP contribution in [0, 0.1) is 6.92 Å². The number of pyridine rings is 1. The second-order valence-corrected chi connectivity index (χ2v) is 8.27. The highest BCUT2D eigenvalue weighted by Crippen LogP contribution is 2.18. The monoisotopic (exact) mass is 464 g/mol. The van der Waals surface area contributed by atoms with Gasteiger partial charge in [-0.2, -0.15) is 0 Å². The zero-order valence-corrected chi connectivity index (χ0v) is 19.2. The third-order valence-corrected chi connectivity index (χ3v) is 5.92. The molecule has 0 saturated carbocycles. The van der Waals surface area contributed by atoms with Gasteiger partial charge in [-0.15, -0.1) is 0 Å². The number of hydrogen-bond acceptors (Lipinski definition) is 5. The van der Waals surface area contributed by atoms with Crippen molar-refractivity contribution in [2.45, 2.75) is 26.3 Å². The van der Waals surface area contributed by atoms with E-state index in [-0.39, 0.29) is 17.9 Å². The summed E-state index contributed by atoms with van der Waals surface area (Å²) in [7, 11) is 0. The fourth-order valence-electron chi connectivity index (χ4n) is 4.01. The molecule has 0 radical (unpaired) electrons. The average molecular weight is 465 g/mol. The molecule has 0 saturated heterocycles. The van der Waals surface area contributed by atoms with Crippen LogP contribution >= 0.6 is 0 Å². The molecule has 5 aromatic rings. The molecule has 3 aromatic heterocycles. The molecule has 0 bridgehead atoms. The summed E-state index contributed by atoms with van der Waals surface area (Å²) in [5.41, 5.74) is 5.62. The molecule has 0 aliphatic rings. The molecule has 0 spiro atoms. The standard InChI is InChI=1S/C27H24N6O2/c1-18-22(27(35)32-26(31-18)20-5-4-14-28-16-20)12-13-25(34)29-15-19-8-10-21(11-9-19)33-17-30-23-6-2-3-7-24(23)33/h2-11,14,16-17H,12-13,15H2,1H3,(H,29,34)(H,31,32,35). The minimum atomic E-state index is -0.230. The van der Waals surface area contributed by atoms with E-state index >= 15 is 0 Å². The Morgan fingerprint density at radius 1 is 1.06 bits per heavy atom. The van der Waals surface area contributed by atoms with Crippen molar-refractivity contribution in [3.05, 3.63) is 107 Å². The van der Waals surface area contributed by atoms with E-state index in [0.717, 1.165) is 27.8 Å². The van der Waals surface area contributed by atoms with E-state index in [1.165, 1.54) is 0 Å². The molecule has 5 rings (SSSR count). The summed E-state index contributed by atoms with van der Waals surface area (Å²) in [6.07, 6.45) is 5.65. The largest absolute Gasteiger partial charge is 0.352 e. The molecule has 0 aliphatic heterocycles. The molecule has 2 aromatic carbocycles. The van der Waals surface area contributed by atoms with Crippen molar-refractivity contribution < 1.29 is 4.79 Å². The van der Waals surface area contributed by atoms with Gasteiger partial charge in [-0.05, 0) is 55.3 Å². The van der Waals surface area contributed by atoms with Gasteiger partial charge in [0.15, 0.2) is 0 Å². The number of fused-ring (bicyclic) bond motifs is 1. The van der Waals surface area contributed by atoms with Crippen molar-refractivity contribution >= 4 is 16.9 Å². The Morgan fingerprint density at radius 2 is 1.89 bits per heavy atom. The number of nitrogens with zero attached hydrogens (tertiary/aromatic N) is 4. The summed E-state index contributed by atoms with van der Waals surface area (Å²) in [5.74, 6) is 0.353. The summed E-state index contributed by atoms with van der Waals surface area (Å²) in [5, 5.41) is 2.93. The van der Waals surface area contributed by atoms with Crippen molar-refractivity contribution in [3.8, 4) is 17.1 Å². The van der Waals surface area contributed by atoms with Crippen LogP contribution < -0.4 is 10.9 Å². The number of carbonyl (C=O) groups excluding carboxylic acids is 1.